The van der Waals surface area contributed by atoms with Crippen LogP contribution in [0.1, 0.15) is 53.0 Å². The molecule has 2 saturated heterocycles. The van der Waals surface area contributed by atoms with Gasteiger partial charge in [0, 0.05) is 45.1 Å². The van der Waals surface area contributed by atoms with Gasteiger partial charge in [-0.15, -0.1) is 0 Å². The highest BCUT2D eigenvalue weighted by molar-refractivity contribution is 5.93. The van der Waals surface area contributed by atoms with E-state index in [1.54, 1.807) is 24.8 Å². The van der Waals surface area contributed by atoms with Gasteiger partial charge in [0.05, 0.1) is 5.69 Å². The quantitative estimate of drug-likeness (QED) is 0.896. The molecular weight excluding hydrogens is 334 g/mol. The van der Waals surface area contributed by atoms with E-state index >= 15 is 0 Å². The van der Waals surface area contributed by atoms with Gasteiger partial charge in [0.1, 0.15) is 5.76 Å². The Bertz CT molecular complexity index is 881. The van der Waals surface area contributed by atoms with Gasteiger partial charge >= 0.3 is 0 Å². The Morgan fingerprint density at radius 1 is 1.23 bits per heavy atom. The van der Waals surface area contributed by atoms with Crippen molar-refractivity contribution in [2.45, 2.75) is 39.0 Å². The molecule has 26 heavy (non-hydrogen) atoms. The first kappa shape index (κ1) is 16.8. The number of amides is 1. The van der Waals surface area contributed by atoms with Crippen molar-refractivity contribution < 1.29 is 9.21 Å². The van der Waals surface area contributed by atoms with Gasteiger partial charge in [0.25, 0.3) is 11.5 Å². The molecule has 0 radical (unpaired) electrons. The zero-order valence-electron chi connectivity index (χ0n) is 15.1. The van der Waals surface area contributed by atoms with E-state index < -0.39 is 0 Å². The van der Waals surface area contributed by atoms with Crippen molar-refractivity contribution in [1.29, 1.82) is 0 Å². The fourth-order valence-electron chi connectivity index (χ4n) is 3.81. The molecule has 1 unspecified atom stereocenters. The van der Waals surface area contributed by atoms with Crippen LogP contribution >= 0.6 is 0 Å². The highest BCUT2D eigenvalue weighted by Gasteiger charge is 2.32. The summed E-state index contributed by atoms with van der Waals surface area (Å²) in [5, 5.41) is 0. The molecule has 4 heterocycles. The third-order valence-corrected chi connectivity index (χ3v) is 5.15. The van der Waals surface area contributed by atoms with Crippen molar-refractivity contribution in [2.24, 2.45) is 0 Å². The van der Waals surface area contributed by atoms with Gasteiger partial charge in [-0.1, -0.05) is 0 Å². The standard InChI is InChI=1S/C18H23N5O3/c1-11-16(19-12(2)26-11)17(25)23-8-5-13(10-23)14-9-15(24)21-18(20-14)22-6-3-4-7-22/h9,13H,3-8,10H2,1-2H3,(H,20,21,24). The molecule has 1 amide bonds. The van der Waals surface area contributed by atoms with Crippen molar-refractivity contribution in [2.75, 3.05) is 31.1 Å². The van der Waals surface area contributed by atoms with Crippen molar-refractivity contribution >= 4 is 11.9 Å². The van der Waals surface area contributed by atoms with Crippen LogP contribution in [0.5, 0.6) is 0 Å². The van der Waals surface area contributed by atoms with E-state index in [2.05, 4.69) is 19.9 Å². The van der Waals surface area contributed by atoms with Crippen LogP contribution in [0.25, 0.3) is 0 Å². The van der Waals surface area contributed by atoms with Crippen molar-refractivity contribution in [3.05, 3.63) is 39.5 Å². The van der Waals surface area contributed by atoms with Crippen molar-refractivity contribution in [3.8, 4) is 0 Å². The van der Waals surface area contributed by atoms with E-state index in [0.717, 1.165) is 38.0 Å². The number of oxazole rings is 1. The number of rotatable bonds is 3. The summed E-state index contributed by atoms with van der Waals surface area (Å²) in [6, 6.07) is 1.56. The number of aromatic amines is 1. The number of hydrogen-bond donors (Lipinski definition) is 1. The predicted octanol–water partition coefficient (Wildman–Crippen LogP) is 1.60. The number of nitrogens with zero attached hydrogens (tertiary/aromatic N) is 4. The van der Waals surface area contributed by atoms with Crippen LogP contribution in [-0.2, 0) is 0 Å². The van der Waals surface area contributed by atoms with Gasteiger partial charge in [-0.3, -0.25) is 14.6 Å². The molecule has 0 aromatic carbocycles. The number of aryl methyl sites for hydroxylation is 2. The number of nitrogens with one attached hydrogen (secondary N) is 1. The number of aromatic nitrogens is 3. The van der Waals surface area contributed by atoms with E-state index in [4.69, 9.17) is 4.42 Å². The van der Waals surface area contributed by atoms with Gasteiger partial charge in [0.2, 0.25) is 5.95 Å². The first-order valence-electron chi connectivity index (χ1n) is 9.11. The van der Waals surface area contributed by atoms with E-state index in [1.165, 1.54) is 0 Å². The maximum atomic E-state index is 12.7. The van der Waals surface area contributed by atoms with Crippen molar-refractivity contribution in [1.82, 2.24) is 19.9 Å². The lowest BCUT2D eigenvalue weighted by atomic mass is 10.1. The smallest absolute Gasteiger partial charge is 0.276 e. The zero-order valence-corrected chi connectivity index (χ0v) is 15.1. The molecule has 1 N–H and O–H groups in total. The Kier molecular flexibility index (Phi) is 4.26. The third kappa shape index (κ3) is 3.11. The molecule has 0 aliphatic carbocycles. The summed E-state index contributed by atoms with van der Waals surface area (Å²) in [5.74, 6) is 1.63. The minimum absolute atomic E-state index is 0.0657. The van der Waals surface area contributed by atoms with Crippen LogP contribution < -0.4 is 10.5 Å². The molecule has 2 aromatic rings. The van der Waals surface area contributed by atoms with Gasteiger partial charge in [-0.05, 0) is 26.2 Å². The Hall–Kier alpha value is -2.64. The van der Waals surface area contributed by atoms with Gasteiger partial charge in [-0.25, -0.2) is 9.97 Å². The van der Waals surface area contributed by atoms with Crippen LogP contribution in [0.2, 0.25) is 0 Å². The summed E-state index contributed by atoms with van der Waals surface area (Å²) >= 11 is 0. The van der Waals surface area contributed by atoms with Crippen LogP contribution in [0, 0.1) is 13.8 Å². The summed E-state index contributed by atoms with van der Waals surface area (Å²) in [6.07, 6.45) is 3.03. The second-order valence-corrected chi connectivity index (χ2v) is 7.06. The van der Waals surface area contributed by atoms with Crippen LogP contribution in [-0.4, -0.2) is 51.9 Å². The van der Waals surface area contributed by atoms with E-state index in [-0.39, 0.29) is 17.4 Å². The van der Waals surface area contributed by atoms with Crippen molar-refractivity contribution in [3.63, 3.8) is 0 Å². The molecule has 0 bridgehead atoms. The Morgan fingerprint density at radius 3 is 2.69 bits per heavy atom. The first-order chi connectivity index (χ1) is 12.5. The number of carbonyl (C=O) groups excluding carboxylic acids is 1. The molecule has 1 atom stereocenters. The molecule has 0 spiro atoms. The summed E-state index contributed by atoms with van der Waals surface area (Å²) < 4.78 is 5.37. The SMILES string of the molecule is Cc1nc(C(=O)N2CCC(c3cc(=O)[nH]c(N4CCCC4)n3)C2)c(C)o1. The Morgan fingerprint density at radius 2 is 2.00 bits per heavy atom. The van der Waals surface area contributed by atoms with E-state index in [1.807, 2.05) is 0 Å². The molecular formula is C18H23N5O3. The molecule has 138 valence electrons. The molecule has 8 nitrogen and oxygen atoms in total. The lowest BCUT2D eigenvalue weighted by Gasteiger charge is -2.18. The second kappa shape index (κ2) is 6.59. The normalized spacial score (nSPS) is 20.2. The average molecular weight is 357 g/mol. The monoisotopic (exact) mass is 357 g/mol. The number of likely N-dealkylation sites (tertiary alicyclic amines) is 1. The molecule has 2 aromatic heterocycles. The molecule has 2 aliphatic rings. The molecule has 0 saturated carbocycles. The Balaban J connectivity index is 1.52. The molecule has 4 rings (SSSR count). The van der Waals surface area contributed by atoms with E-state index in [0.29, 0.717) is 36.4 Å². The third-order valence-electron chi connectivity index (χ3n) is 5.15. The topological polar surface area (TPSA) is 95.3 Å². The first-order valence-corrected chi connectivity index (χ1v) is 9.11. The molecule has 2 aliphatic heterocycles. The second-order valence-electron chi connectivity index (χ2n) is 7.06. The highest BCUT2D eigenvalue weighted by atomic mass is 16.4. The maximum Gasteiger partial charge on any atom is 0.276 e. The summed E-state index contributed by atoms with van der Waals surface area (Å²) in [7, 11) is 0. The fourth-order valence-corrected chi connectivity index (χ4v) is 3.81. The summed E-state index contributed by atoms with van der Waals surface area (Å²) in [5.41, 5.74) is 1.00. The minimum Gasteiger partial charge on any atom is -0.445 e. The zero-order chi connectivity index (χ0) is 18.3. The predicted molar refractivity (Wildman–Crippen MR) is 95.5 cm³/mol. The lowest BCUT2D eigenvalue weighted by molar-refractivity contribution is 0.0784. The summed E-state index contributed by atoms with van der Waals surface area (Å²) in [6.45, 7) is 6.50. The van der Waals surface area contributed by atoms with Crippen LogP contribution in [0.15, 0.2) is 15.3 Å². The highest BCUT2D eigenvalue weighted by Crippen LogP contribution is 2.28. The summed E-state index contributed by atoms with van der Waals surface area (Å²) in [4.78, 5) is 40.4. The number of hydrogen-bond acceptors (Lipinski definition) is 6. The average Bonchev–Trinajstić information content (AvgIpc) is 3.34. The lowest BCUT2D eigenvalue weighted by Crippen LogP contribution is -2.30. The van der Waals surface area contributed by atoms with Gasteiger partial charge < -0.3 is 14.2 Å². The van der Waals surface area contributed by atoms with Gasteiger partial charge in [0.15, 0.2) is 11.6 Å². The van der Waals surface area contributed by atoms with E-state index in [9.17, 15) is 9.59 Å². The number of carbonyl (C=O) groups is 1. The Labute approximate surface area is 151 Å². The molecule has 2 fully saturated rings. The molecule has 8 heteroatoms. The number of H-pyrrole nitrogens is 1. The van der Waals surface area contributed by atoms with Crippen LogP contribution in [0.4, 0.5) is 5.95 Å². The minimum atomic E-state index is -0.135. The number of anilines is 1. The fraction of sp³-hybridized carbons (Fsp3) is 0.556. The van der Waals surface area contributed by atoms with Gasteiger partial charge in [-0.2, -0.15) is 0 Å². The van der Waals surface area contributed by atoms with Crippen LogP contribution in [0.3, 0.4) is 0 Å². The largest absolute Gasteiger partial charge is 0.445 e. The maximum absolute atomic E-state index is 12.7.